The maximum absolute atomic E-state index is 12.0. The van der Waals surface area contributed by atoms with Crippen molar-refractivity contribution < 1.29 is 19.1 Å². The van der Waals surface area contributed by atoms with E-state index in [1.165, 1.54) is 0 Å². The SMILES string of the molecule is O=C(COc1cccc(/C=C2\SC(=O)NC2=O)c1)Nc1ccccc1Cl. The first kappa shape index (κ1) is 18.0. The van der Waals surface area contributed by atoms with Crippen LogP contribution in [0.5, 0.6) is 5.75 Å². The van der Waals surface area contributed by atoms with Crippen LogP contribution in [0.3, 0.4) is 0 Å². The molecule has 1 saturated heterocycles. The summed E-state index contributed by atoms with van der Waals surface area (Å²) in [5, 5.41) is 4.90. The molecule has 26 heavy (non-hydrogen) atoms. The molecule has 1 heterocycles. The van der Waals surface area contributed by atoms with Gasteiger partial charge >= 0.3 is 0 Å². The molecule has 0 atom stereocenters. The second kappa shape index (κ2) is 8.07. The minimum absolute atomic E-state index is 0.195. The topological polar surface area (TPSA) is 84.5 Å². The Bertz CT molecular complexity index is 914. The Balaban J connectivity index is 1.61. The van der Waals surface area contributed by atoms with Crippen molar-refractivity contribution in [1.82, 2.24) is 5.32 Å². The number of anilines is 1. The summed E-state index contributed by atoms with van der Waals surface area (Å²) in [6.07, 6.45) is 1.58. The summed E-state index contributed by atoms with van der Waals surface area (Å²) in [5.74, 6) is -0.313. The van der Waals surface area contributed by atoms with Gasteiger partial charge in [-0.2, -0.15) is 0 Å². The molecule has 0 bridgehead atoms. The molecule has 0 aromatic heterocycles. The van der Waals surface area contributed by atoms with E-state index >= 15 is 0 Å². The first-order chi connectivity index (χ1) is 12.5. The number of imide groups is 1. The lowest BCUT2D eigenvalue weighted by Crippen LogP contribution is -2.20. The van der Waals surface area contributed by atoms with Crippen molar-refractivity contribution in [2.45, 2.75) is 0 Å². The van der Waals surface area contributed by atoms with Crippen molar-refractivity contribution in [3.63, 3.8) is 0 Å². The lowest BCUT2D eigenvalue weighted by molar-refractivity contribution is -0.118. The standard InChI is InChI=1S/C18H13ClN2O4S/c19-13-6-1-2-7-14(13)20-16(22)10-25-12-5-3-4-11(8-12)9-15-17(23)21-18(24)26-15/h1-9H,10H2,(H,20,22)(H,21,23,24)/b15-9-. The maximum Gasteiger partial charge on any atom is 0.290 e. The van der Waals surface area contributed by atoms with E-state index < -0.39 is 11.1 Å². The minimum atomic E-state index is -0.426. The normalized spacial score (nSPS) is 15.0. The molecule has 1 fully saturated rings. The van der Waals surface area contributed by atoms with Gasteiger partial charge in [0, 0.05) is 0 Å². The van der Waals surface area contributed by atoms with Crippen LogP contribution in [-0.4, -0.2) is 23.7 Å². The average Bonchev–Trinajstić information content (AvgIpc) is 2.93. The van der Waals surface area contributed by atoms with Gasteiger partial charge in [0.1, 0.15) is 5.75 Å². The summed E-state index contributed by atoms with van der Waals surface area (Å²) in [6.45, 7) is -0.195. The molecule has 1 aliphatic rings. The maximum atomic E-state index is 12.0. The molecule has 2 N–H and O–H groups in total. The van der Waals surface area contributed by atoms with E-state index in [1.807, 2.05) is 0 Å². The minimum Gasteiger partial charge on any atom is -0.484 e. The van der Waals surface area contributed by atoms with Gasteiger partial charge in [0.25, 0.3) is 17.1 Å². The van der Waals surface area contributed by atoms with Gasteiger partial charge in [-0.3, -0.25) is 19.7 Å². The zero-order valence-corrected chi connectivity index (χ0v) is 14.9. The highest BCUT2D eigenvalue weighted by Gasteiger charge is 2.24. The molecular formula is C18H13ClN2O4S. The summed E-state index contributed by atoms with van der Waals surface area (Å²) in [6, 6.07) is 13.8. The zero-order valence-electron chi connectivity index (χ0n) is 13.3. The van der Waals surface area contributed by atoms with Gasteiger partial charge < -0.3 is 10.1 Å². The summed E-state index contributed by atoms with van der Waals surface area (Å²) in [5.41, 5.74) is 1.19. The molecule has 2 aromatic rings. The van der Waals surface area contributed by atoms with E-state index in [9.17, 15) is 14.4 Å². The van der Waals surface area contributed by atoms with Crippen molar-refractivity contribution in [2.24, 2.45) is 0 Å². The molecule has 132 valence electrons. The fourth-order valence-corrected chi connectivity index (χ4v) is 3.03. The zero-order chi connectivity index (χ0) is 18.5. The van der Waals surface area contributed by atoms with Crippen molar-refractivity contribution in [3.05, 3.63) is 64.0 Å². The predicted molar refractivity (Wildman–Crippen MR) is 101 cm³/mol. The molecule has 6 nitrogen and oxygen atoms in total. The molecular weight excluding hydrogens is 376 g/mol. The van der Waals surface area contributed by atoms with Gasteiger partial charge in [0.05, 0.1) is 15.6 Å². The fraction of sp³-hybridized carbons (Fsp3) is 0.0556. The predicted octanol–water partition coefficient (Wildman–Crippen LogP) is 3.68. The van der Waals surface area contributed by atoms with Crippen molar-refractivity contribution in [1.29, 1.82) is 0 Å². The molecule has 3 rings (SSSR count). The number of benzene rings is 2. The first-order valence-corrected chi connectivity index (χ1v) is 8.73. The molecule has 8 heteroatoms. The van der Waals surface area contributed by atoms with Crippen LogP contribution in [0.25, 0.3) is 6.08 Å². The van der Waals surface area contributed by atoms with Gasteiger partial charge in [-0.05, 0) is 47.7 Å². The van der Waals surface area contributed by atoms with Gasteiger partial charge in [0.2, 0.25) is 0 Å². The van der Waals surface area contributed by atoms with Crippen LogP contribution in [0.15, 0.2) is 53.4 Å². The van der Waals surface area contributed by atoms with Crippen LogP contribution in [0, 0.1) is 0 Å². The molecule has 3 amide bonds. The smallest absolute Gasteiger partial charge is 0.290 e. The third-order valence-corrected chi connectivity index (χ3v) is 4.46. The van der Waals surface area contributed by atoms with Gasteiger partial charge in [-0.1, -0.05) is 35.9 Å². The van der Waals surface area contributed by atoms with E-state index in [4.69, 9.17) is 16.3 Å². The Kier molecular flexibility index (Phi) is 5.60. The average molecular weight is 389 g/mol. The second-order valence-corrected chi connectivity index (χ2v) is 6.66. The van der Waals surface area contributed by atoms with Crippen LogP contribution in [-0.2, 0) is 9.59 Å². The molecule has 0 radical (unpaired) electrons. The van der Waals surface area contributed by atoms with Gasteiger partial charge in [-0.25, -0.2) is 0 Å². The molecule has 1 aliphatic heterocycles. The fourth-order valence-electron chi connectivity index (χ4n) is 2.16. The number of thioether (sulfide) groups is 1. The van der Waals surface area contributed by atoms with Gasteiger partial charge in [0.15, 0.2) is 6.61 Å². The molecule has 2 aromatic carbocycles. The summed E-state index contributed by atoms with van der Waals surface area (Å²) in [7, 11) is 0. The number of carbonyl (C=O) groups excluding carboxylic acids is 3. The summed E-state index contributed by atoms with van der Waals surface area (Å²) in [4.78, 5) is 35.0. The first-order valence-electron chi connectivity index (χ1n) is 7.53. The van der Waals surface area contributed by atoms with Crippen molar-refractivity contribution >= 4 is 52.2 Å². The van der Waals surface area contributed by atoms with Crippen LogP contribution in [0.1, 0.15) is 5.56 Å². The lowest BCUT2D eigenvalue weighted by Gasteiger charge is -2.09. The summed E-state index contributed by atoms with van der Waals surface area (Å²) < 4.78 is 5.47. The number of hydrogen-bond acceptors (Lipinski definition) is 5. The molecule has 0 saturated carbocycles. The number of carbonyl (C=O) groups is 3. The van der Waals surface area contributed by atoms with E-state index in [1.54, 1.807) is 54.6 Å². The highest BCUT2D eigenvalue weighted by Crippen LogP contribution is 2.26. The van der Waals surface area contributed by atoms with E-state index in [2.05, 4.69) is 10.6 Å². The molecule has 0 aliphatic carbocycles. The van der Waals surface area contributed by atoms with E-state index in [-0.39, 0.29) is 12.5 Å². The van der Waals surface area contributed by atoms with Crippen LogP contribution >= 0.6 is 23.4 Å². The largest absolute Gasteiger partial charge is 0.484 e. The Morgan fingerprint density at radius 1 is 1.19 bits per heavy atom. The Morgan fingerprint density at radius 2 is 2.00 bits per heavy atom. The van der Waals surface area contributed by atoms with Crippen molar-refractivity contribution in [2.75, 3.05) is 11.9 Å². The number of para-hydroxylation sites is 1. The van der Waals surface area contributed by atoms with Crippen molar-refractivity contribution in [3.8, 4) is 5.75 Å². The monoisotopic (exact) mass is 388 g/mol. The number of amides is 3. The van der Waals surface area contributed by atoms with Crippen LogP contribution in [0.4, 0.5) is 10.5 Å². The molecule has 0 unspecified atom stereocenters. The number of nitrogens with one attached hydrogen (secondary N) is 2. The van der Waals surface area contributed by atoms with Crippen LogP contribution < -0.4 is 15.4 Å². The number of hydrogen-bond donors (Lipinski definition) is 2. The Hall–Kier alpha value is -2.77. The lowest BCUT2D eigenvalue weighted by atomic mass is 10.2. The summed E-state index contributed by atoms with van der Waals surface area (Å²) >= 11 is 6.83. The van der Waals surface area contributed by atoms with Crippen LogP contribution in [0.2, 0.25) is 5.02 Å². The Morgan fingerprint density at radius 3 is 2.73 bits per heavy atom. The number of rotatable bonds is 5. The quantitative estimate of drug-likeness (QED) is 0.763. The number of halogens is 1. The highest BCUT2D eigenvalue weighted by molar-refractivity contribution is 8.18. The second-order valence-electron chi connectivity index (χ2n) is 5.24. The van der Waals surface area contributed by atoms with E-state index in [0.717, 1.165) is 11.8 Å². The molecule has 0 spiro atoms. The van der Waals surface area contributed by atoms with E-state index in [0.29, 0.717) is 26.9 Å². The third-order valence-electron chi connectivity index (χ3n) is 3.32. The highest BCUT2D eigenvalue weighted by atomic mass is 35.5. The third kappa shape index (κ3) is 4.65. The van der Waals surface area contributed by atoms with Gasteiger partial charge in [-0.15, -0.1) is 0 Å². The number of ether oxygens (including phenoxy) is 1. The Labute approximate surface area is 158 Å².